The number of ether oxygens (including phenoxy) is 1. The molecule has 0 saturated heterocycles. The number of fused-ring (bicyclic) bond motifs is 1. The van der Waals surface area contributed by atoms with E-state index in [-0.39, 0.29) is 0 Å². The Morgan fingerprint density at radius 3 is 3.00 bits per heavy atom. The fourth-order valence-corrected chi connectivity index (χ4v) is 2.52. The van der Waals surface area contributed by atoms with Crippen LogP contribution >= 0.6 is 15.9 Å². The Morgan fingerprint density at radius 2 is 2.21 bits per heavy atom. The first-order valence-electron chi connectivity index (χ1n) is 5.87. The number of hydrogen-bond acceptors (Lipinski definition) is 3. The predicted octanol–water partition coefficient (Wildman–Crippen LogP) is 3.31. The number of nitrogens with zero attached hydrogens (tertiary/aromatic N) is 3. The Balaban J connectivity index is 1.84. The molecule has 96 valence electrons. The third-order valence-electron chi connectivity index (χ3n) is 2.86. The summed E-state index contributed by atoms with van der Waals surface area (Å²) in [6.07, 6.45) is 5.52. The molecule has 19 heavy (non-hydrogen) atoms. The van der Waals surface area contributed by atoms with Crippen molar-refractivity contribution < 1.29 is 4.74 Å². The quantitative estimate of drug-likeness (QED) is 0.744. The summed E-state index contributed by atoms with van der Waals surface area (Å²) in [6, 6.07) is 7.75. The molecular formula is C14H12BrN3O. The van der Waals surface area contributed by atoms with Gasteiger partial charge in [-0.25, -0.2) is 0 Å². The van der Waals surface area contributed by atoms with Crippen molar-refractivity contribution in [3.8, 4) is 5.88 Å². The van der Waals surface area contributed by atoms with Crippen LogP contribution in [0.3, 0.4) is 0 Å². The van der Waals surface area contributed by atoms with Crippen LogP contribution in [-0.2, 0) is 13.7 Å². The van der Waals surface area contributed by atoms with Gasteiger partial charge in [-0.05, 0) is 28.1 Å². The normalized spacial score (nSPS) is 10.8. The summed E-state index contributed by atoms with van der Waals surface area (Å²) in [7, 11) is 1.96. The summed E-state index contributed by atoms with van der Waals surface area (Å²) in [5.74, 6) is 0.616. The van der Waals surface area contributed by atoms with Crippen molar-refractivity contribution in [1.29, 1.82) is 0 Å². The number of aromatic nitrogens is 3. The highest BCUT2D eigenvalue weighted by Gasteiger charge is 2.07. The lowest BCUT2D eigenvalue weighted by atomic mass is 10.3. The van der Waals surface area contributed by atoms with Gasteiger partial charge in [0.1, 0.15) is 12.3 Å². The van der Waals surface area contributed by atoms with E-state index in [0.29, 0.717) is 12.5 Å². The standard InChI is InChI=1S/C14H12BrN3O/c1-18-8-12(15)11-4-5-13(17-14(11)18)19-9-10-3-2-6-16-7-10/h2-8H,9H2,1H3. The molecule has 0 saturated carbocycles. The average molecular weight is 318 g/mol. The lowest BCUT2D eigenvalue weighted by molar-refractivity contribution is 0.294. The third-order valence-corrected chi connectivity index (χ3v) is 3.49. The smallest absolute Gasteiger partial charge is 0.215 e. The van der Waals surface area contributed by atoms with Crippen molar-refractivity contribution in [1.82, 2.24) is 14.5 Å². The zero-order valence-electron chi connectivity index (χ0n) is 10.4. The van der Waals surface area contributed by atoms with Crippen LogP contribution in [0, 0.1) is 0 Å². The van der Waals surface area contributed by atoms with Gasteiger partial charge in [0.25, 0.3) is 0 Å². The van der Waals surface area contributed by atoms with E-state index >= 15 is 0 Å². The van der Waals surface area contributed by atoms with Crippen molar-refractivity contribution in [2.75, 3.05) is 0 Å². The van der Waals surface area contributed by atoms with Crippen molar-refractivity contribution in [2.24, 2.45) is 7.05 Å². The van der Waals surface area contributed by atoms with Gasteiger partial charge in [-0.3, -0.25) is 4.98 Å². The van der Waals surface area contributed by atoms with E-state index in [1.165, 1.54) is 0 Å². The van der Waals surface area contributed by atoms with Gasteiger partial charge < -0.3 is 9.30 Å². The monoisotopic (exact) mass is 317 g/mol. The number of halogens is 1. The zero-order chi connectivity index (χ0) is 13.2. The molecule has 0 aromatic carbocycles. The molecule has 0 aliphatic carbocycles. The fourth-order valence-electron chi connectivity index (χ4n) is 1.91. The molecule has 3 rings (SSSR count). The molecule has 0 spiro atoms. The second-order valence-electron chi connectivity index (χ2n) is 4.26. The molecule has 0 aliphatic heterocycles. The van der Waals surface area contributed by atoms with Gasteiger partial charge in [0, 0.05) is 47.1 Å². The molecule has 0 aliphatic rings. The highest BCUT2D eigenvalue weighted by Crippen LogP contribution is 2.26. The molecule has 4 nitrogen and oxygen atoms in total. The van der Waals surface area contributed by atoms with Crippen LogP contribution in [0.5, 0.6) is 5.88 Å². The van der Waals surface area contributed by atoms with Crippen LogP contribution in [0.1, 0.15) is 5.56 Å². The highest BCUT2D eigenvalue weighted by atomic mass is 79.9. The minimum atomic E-state index is 0.470. The molecule has 3 aromatic heterocycles. The van der Waals surface area contributed by atoms with E-state index in [2.05, 4.69) is 25.9 Å². The molecular weight excluding hydrogens is 306 g/mol. The van der Waals surface area contributed by atoms with Crippen molar-refractivity contribution in [3.63, 3.8) is 0 Å². The van der Waals surface area contributed by atoms with E-state index < -0.39 is 0 Å². The Labute approximate surface area is 119 Å². The number of aryl methyl sites for hydroxylation is 1. The SMILES string of the molecule is Cn1cc(Br)c2ccc(OCc3cccnc3)nc21. The minimum absolute atomic E-state index is 0.470. The zero-order valence-corrected chi connectivity index (χ0v) is 12.0. The average Bonchev–Trinajstić information content (AvgIpc) is 2.73. The van der Waals surface area contributed by atoms with Gasteiger partial charge in [0.2, 0.25) is 5.88 Å². The molecule has 0 bridgehead atoms. The Morgan fingerprint density at radius 1 is 1.32 bits per heavy atom. The summed E-state index contributed by atoms with van der Waals surface area (Å²) in [5.41, 5.74) is 1.92. The summed E-state index contributed by atoms with van der Waals surface area (Å²) in [5, 5.41) is 1.08. The number of hydrogen-bond donors (Lipinski definition) is 0. The van der Waals surface area contributed by atoms with Crippen LogP contribution < -0.4 is 4.74 Å². The molecule has 3 heterocycles. The maximum absolute atomic E-state index is 5.68. The second-order valence-corrected chi connectivity index (χ2v) is 5.11. The third kappa shape index (κ3) is 2.46. The van der Waals surface area contributed by atoms with E-state index in [1.54, 1.807) is 12.4 Å². The Bertz CT molecular complexity index is 709. The first kappa shape index (κ1) is 12.2. The molecule has 0 fully saturated rings. The minimum Gasteiger partial charge on any atom is -0.473 e. The van der Waals surface area contributed by atoms with Crippen LogP contribution in [0.4, 0.5) is 0 Å². The van der Waals surface area contributed by atoms with Crippen molar-refractivity contribution >= 4 is 27.0 Å². The molecule has 5 heteroatoms. The van der Waals surface area contributed by atoms with Gasteiger partial charge in [-0.15, -0.1) is 0 Å². The predicted molar refractivity (Wildman–Crippen MR) is 77.0 cm³/mol. The van der Waals surface area contributed by atoms with Gasteiger partial charge >= 0.3 is 0 Å². The summed E-state index contributed by atoms with van der Waals surface area (Å²) < 4.78 is 8.69. The van der Waals surface area contributed by atoms with Gasteiger partial charge in [-0.2, -0.15) is 4.98 Å². The van der Waals surface area contributed by atoms with Gasteiger partial charge in [-0.1, -0.05) is 6.07 Å². The summed E-state index contributed by atoms with van der Waals surface area (Å²) in [4.78, 5) is 8.55. The molecule has 0 radical (unpaired) electrons. The number of pyridine rings is 2. The summed E-state index contributed by atoms with van der Waals surface area (Å²) >= 11 is 3.51. The largest absolute Gasteiger partial charge is 0.473 e. The van der Waals surface area contributed by atoms with E-state index in [9.17, 15) is 0 Å². The summed E-state index contributed by atoms with van der Waals surface area (Å²) in [6.45, 7) is 0.470. The Kier molecular flexibility index (Phi) is 3.21. The molecule has 0 atom stereocenters. The maximum atomic E-state index is 5.68. The molecule has 0 unspecified atom stereocenters. The first-order valence-corrected chi connectivity index (χ1v) is 6.66. The first-order chi connectivity index (χ1) is 9.24. The lowest BCUT2D eigenvalue weighted by Crippen LogP contribution is -1.98. The maximum Gasteiger partial charge on any atom is 0.215 e. The van der Waals surface area contributed by atoms with Crippen molar-refractivity contribution in [2.45, 2.75) is 6.61 Å². The van der Waals surface area contributed by atoms with E-state index in [4.69, 9.17) is 4.74 Å². The fraction of sp³-hybridized carbons (Fsp3) is 0.143. The van der Waals surface area contributed by atoms with Crippen LogP contribution in [0.2, 0.25) is 0 Å². The second kappa shape index (κ2) is 5.01. The lowest BCUT2D eigenvalue weighted by Gasteiger charge is -2.05. The highest BCUT2D eigenvalue weighted by molar-refractivity contribution is 9.10. The molecule has 0 N–H and O–H groups in total. The van der Waals surface area contributed by atoms with Gasteiger partial charge in [0.05, 0.1) is 0 Å². The van der Waals surface area contributed by atoms with Gasteiger partial charge in [0.15, 0.2) is 0 Å². The van der Waals surface area contributed by atoms with Crippen molar-refractivity contribution in [3.05, 3.63) is 52.9 Å². The van der Waals surface area contributed by atoms with Crippen LogP contribution in [0.25, 0.3) is 11.0 Å². The van der Waals surface area contributed by atoms with Crippen LogP contribution in [-0.4, -0.2) is 14.5 Å². The van der Waals surface area contributed by atoms with E-state index in [0.717, 1.165) is 21.1 Å². The van der Waals surface area contributed by atoms with Crippen LogP contribution in [0.15, 0.2) is 47.3 Å². The number of rotatable bonds is 3. The molecule has 0 amide bonds. The topological polar surface area (TPSA) is 39.9 Å². The Hall–Kier alpha value is -1.88. The molecule has 3 aromatic rings. The van der Waals surface area contributed by atoms with E-state index in [1.807, 2.05) is 42.1 Å².